The normalized spacial score (nSPS) is 10.7. The Morgan fingerprint density at radius 2 is 2.25 bits per heavy atom. The number of rotatable bonds is 3. The molecule has 16 heavy (non-hydrogen) atoms. The van der Waals surface area contributed by atoms with E-state index in [9.17, 15) is 4.39 Å². The van der Waals surface area contributed by atoms with Crippen molar-refractivity contribution >= 4 is 0 Å². The second-order valence-electron chi connectivity index (χ2n) is 3.77. The molecule has 0 atom stereocenters. The van der Waals surface area contributed by atoms with Crippen molar-refractivity contribution in [3.63, 3.8) is 0 Å². The van der Waals surface area contributed by atoms with Crippen LogP contribution in [0.2, 0.25) is 0 Å². The summed E-state index contributed by atoms with van der Waals surface area (Å²) in [7, 11) is 1.84. The zero-order chi connectivity index (χ0) is 11.5. The summed E-state index contributed by atoms with van der Waals surface area (Å²) in [4.78, 5) is 0. The van der Waals surface area contributed by atoms with Gasteiger partial charge in [-0.1, -0.05) is 0 Å². The van der Waals surface area contributed by atoms with E-state index in [-0.39, 0.29) is 5.82 Å². The Labute approximate surface area is 93.9 Å². The zero-order valence-corrected chi connectivity index (χ0v) is 9.37. The molecule has 0 amide bonds. The van der Waals surface area contributed by atoms with Gasteiger partial charge in [0, 0.05) is 12.7 Å². The molecule has 0 spiro atoms. The Bertz CT molecular complexity index is 491. The van der Waals surface area contributed by atoms with Crippen LogP contribution in [0.4, 0.5) is 4.39 Å². The molecule has 1 heterocycles. The van der Waals surface area contributed by atoms with Crippen molar-refractivity contribution in [1.29, 1.82) is 0 Å². The predicted molar refractivity (Wildman–Crippen MR) is 61.0 cm³/mol. The van der Waals surface area contributed by atoms with E-state index < -0.39 is 0 Å². The second-order valence-corrected chi connectivity index (χ2v) is 3.77. The standard InChI is InChI=1S/C12H14FN3/c1-9-6-15-16(8-9)12-4-3-11(13)5-10(12)7-14-2/h3-6,8,14H,7H2,1-2H3. The molecule has 0 aliphatic rings. The summed E-state index contributed by atoms with van der Waals surface area (Å²) in [5.74, 6) is -0.224. The van der Waals surface area contributed by atoms with Gasteiger partial charge in [-0.3, -0.25) is 0 Å². The quantitative estimate of drug-likeness (QED) is 0.856. The van der Waals surface area contributed by atoms with Crippen LogP contribution in [-0.2, 0) is 6.54 Å². The highest BCUT2D eigenvalue weighted by atomic mass is 19.1. The Morgan fingerprint density at radius 1 is 1.44 bits per heavy atom. The van der Waals surface area contributed by atoms with E-state index in [2.05, 4.69) is 10.4 Å². The summed E-state index contributed by atoms with van der Waals surface area (Å²) in [6.07, 6.45) is 3.71. The van der Waals surface area contributed by atoms with E-state index in [1.54, 1.807) is 16.9 Å². The molecule has 1 aromatic carbocycles. The maximum absolute atomic E-state index is 13.1. The smallest absolute Gasteiger partial charge is 0.123 e. The van der Waals surface area contributed by atoms with Crippen molar-refractivity contribution in [3.05, 3.63) is 47.5 Å². The van der Waals surface area contributed by atoms with Gasteiger partial charge in [-0.2, -0.15) is 5.10 Å². The van der Waals surface area contributed by atoms with Gasteiger partial charge in [-0.25, -0.2) is 9.07 Å². The van der Waals surface area contributed by atoms with E-state index in [1.807, 2.05) is 20.2 Å². The molecule has 3 nitrogen and oxygen atoms in total. The lowest BCUT2D eigenvalue weighted by atomic mass is 10.1. The lowest BCUT2D eigenvalue weighted by Gasteiger charge is -2.09. The van der Waals surface area contributed by atoms with E-state index in [4.69, 9.17) is 0 Å². The predicted octanol–water partition coefficient (Wildman–Crippen LogP) is 2.04. The summed E-state index contributed by atoms with van der Waals surface area (Å²) < 4.78 is 14.9. The molecule has 1 N–H and O–H groups in total. The number of nitrogens with zero attached hydrogens (tertiary/aromatic N) is 2. The van der Waals surface area contributed by atoms with Crippen LogP contribution >= 0.6 is 0 Å². The molecule has 2 rings (SSSR count). The van der Waals surface area contributed by atoms with Crippen molar-refractivity contribution in [2.45, 2.75) is 13.5 Å². The lowest BCUT2D eigenvalue weighted by molar-refractivity contribution is 0.622. The first-order chi connectivity index (χ1) is 7.70. The van der Waals surface area contributed by atoms with Crippen molar-refractivity contribution in [2.24, 2.45) is 0 Å². The van der Waals surface area contributed by atoms with Gasteiger partial charge >= 0.3 is 0 Å². The first-order valence-corrected chi connectivity index (χ1v) is 5.15. The number of aryl methyl sites for hydroxylation is 1. The second kappa shape index (κ2) is 4.45. The number of hydrogen-bond acceptors (Lipinski definition) is 2. The fraction of sp³-hybridized carbons (Fsp3) is 0.250. The van der Waals surface area contributed by atoms with Gasteiger partial charge in [0.2, 0.25) is 0 Å². The number of halogens is 1. The van der Waals surface area contributed by atoms with Crippen LogP contribution in [0.25, 0.3) is 5.69 Å². The van der Waals surface area contributed by atoms with Crippen molar-refractivity contribution in [2.75, 3.05) is 7.05 Å². The van der Waals surface area contributed by atoms with Crippen LogP contribution in [0.15, 0.2) is 30.6 Å². The van der Waals surface area contributed by atoms with E-state index in [1.165, 1.54) is 12.1 Å². The average molecular weight is 219 g/mol. The summed E-state index contributed by atoms with van der Waals surface area (Å²) in [6.45, 7) is 2.59. The summed E-state index contributed by atoms with van der Waals surface area (Å²) >= 11 is 0. The minimum absolute atomic E-state index is 0.224. The topological polar surface area (TPSA) is 29.9 Å². The summed E-state index contributed by atoms with van der Waals surface area (Å²) in [6, 6.07) is 4.72. The van der Waals surface area contributed by atoms with Gasteiger partial charge in [-0.15, -0.1) is 0 Å². The Balaban J connectivity index is 2.47. The molecule has 0 saturated carbocycles. The molecular formula is C12H14FN3. The van der Waals surface area contributed by atoms with Gasteiger partial charge in [-0.05, 0) is 43.3 Å². The third-order valence-corrected chi connectivity index (χ3v) is 2.37. The maximum Gasteiger partial charge on any atom is 0.123 e. The van der Waals surface area contributed by atoms with Crippen LogP contribution in [0.1, 0.15) is 11.1 Å². The Morgan fingerprint density at radius 3 is 2.88 bits per heavy atom. The first-order valence-electron chi connectivity index (χ1n) is 5.15. The number of nitrogens with one attached hydrogen (secondary N) is 1. The molecule has 0 aliphatic carbocycles. The monoisotopic (exact) mass is 219 g/mol. The van der Waals surface area contributed by atoms with Crippen LogP contribution < -0.4 is 5.32 Å². The number of hydrogen-bond donors (Lipinski definition) is 1. The van der Waals surface area contributed by atoms with Crippen molar-refractivity contribution in [1.82, 2.24) is 15.1 Å². The van der Waals surface area contributed by atoms with E-state index >= 15 is 0 Å². The van der Waals surface area contributed by atoms with Crippen molar-refractivity contribution in [3.8, 4) is 5.69 Å². The summed E-state index contributed by atoms with van der Waals surface area (Å²) in [5, 5.41) is 7.25. The Kier molecular flexibility index (Phi) is 3.01. The van der Waals surface area contributed by atoms with E-state index in [0.717, 1.165) is 16.8 Å². The highest BCUT2D eigenvalue weighted by molar-refractivity contribution is 5.41. The fourth-order valence-electron chi connectivity index (χ4n) is 1.65. The molecule has 0 bridgehead atoms. The zero-order valence-electron chi connectivity index (χ0n) is 9.37. The van der Waals surface area contributed by atoms with Gasteiger partial charge in [0.1, 0.15) is 5.82 Å². The molecule has 84 valence electrons. The average Bonchev–Trinajstić information content (AvgIpc) is 2.65. The molecule has 0 radical (unpaired) electrons. The third-order valence-electron chi connectivity index (χ3n) is 2.37. The fourth-order valence-corrected chi connectivity index (χ4v) is 1.65. The van der Waals surface area contributed by atoms with Crippen molar-refractivity contribution < 1.29 is 4.39 Å². The Hall–Kier alpha value is -1.68. The van der Waals surface area contributed by atoms with Gasteiger partial charge < -0.3 is 5.32 Å². The maximum atomic E-state index is 13.1. The highest BCUT2D eigenvalue weighted by Gasteiger charge is 2.06. The number of aromatic nitrogens is 2. The minimum atomic E-state index is -0.224. The summed E-state index contributed by atoms with van der Waals surface area (Å²) in [5.41, 5.74) is 2.88. The van der Waals surface area contributed by atoms with Gasteiger partial charge in [0.25, 0.3) is 0 Å². The number of benzene rings is 1. The molecule has 2 aromatic rings. The van der Waals surface area contributed by atoms with Gasteiger partial charge in [0.15, 0.2) is 0 Å². The highest BCUT2D eigenvalue weighted by Crippen LogP contribution is 2.16. The molecular weight excluding hydrogens is 205 g/mol. The molecule has 0 saturated heterocycles. The molecule has 4 heteroatoms. The molecule has 0 aliphatic heterocycles. The van der Waals surface area contributed by atoms with Crippen LogP contribution in [0.5, 0.6) is 0 Å². The lowest BCUT2D eigenvalue weighted by Crippen LogP contribution is -2.09. The molecule has 0 unspecified atom stereocenters. The van der Waals surface area contributed by atoms with Crippen LogP contribution in [0, 0.1) is 12.7 Å². The molecule has 0 fully saturated rings. The van der Waals surface area contributed by atoms with Crippen LogP contribution in [0.3, 0.4) is 0 Å². The minimum Gasteiger partial charge on any atom is -0.316 e. The van der Waals surface area contributed by atoms with Crippen LogP contribution in [-0.4, -0.2) is 16.8 Å². The SMILES string of the molecule is CNCc1cc(F)ccc1-n1cc(C)cn1. The largest absolute Gasteiger partial charge is 0.316 e. The first kappa shape index (κ1) is 10.8. The third kappa shape index (κ3) is 2.12. The van der Waals surface area contributed by atoms with E-state index in [0.29, 0.717) is 6.54 Å². The van der Waals surface area contributed by atoms with Gasteiger partial charge in [0.05, 0.1) is 11.9 Å². The molecule has 1 aromatic heterocycles.